The van der Waals surface area contributed by atoms with Crippen molar-refractivity contribution in [1.29, 1.82) is 5.41 Å². The fourth-order valence-electron chi connectivity index (χ4n) is 3.99. The van der Waals surface area contributed by atoms with Crippen LogP contribution in [0.1, 0.15) is 55.1 Å². The normalized spacial score (nSPS) is 16.1. The third-order valence-corrected chi connectivity index (χ3v) is 5.94. The van der Waals surface area contributed by atoms with Gasteiger partial charge >= 0.3 is 0 Å². The maximum Gasteiger partial charge on any atom is 0.255 e. The Bertz CT molecular complexity index is 1140. The summed E-state index contributed by atoms with van der Waals surface area (Å²) >= 11 is 0. The van der Waals surface area contributed by atoms with Crippen LogP contribution in [0.5, 0.6) is 0 Å². The predicted octanol–water partition coefficient (Wildman–Crippen LogP) is 4.63. The predicted molar refractivity (Wildman–Crippen MR) is 135 cm³/mol. The van der Waals surface area contributed by atoms with Crippen LogP contribution in [0.2, 0.25) is 0 Å². The molecule has 3 aromatic rings. The van der Waals surface area contributed by atoms with E-state index >= 15 is 0 Å². The molecule has 8 nitrogen and oxygen atoms in total. The van der Waals surface area contributed by atoms with Crippen LogP contribution in [-0.2, 0) is 5.41 Å². The van der Waals surface area contributed by atoms with E-state index < -0.39 is 0 Å². The van der Waals surface area contributed by atoms with Crippen LogP contribution in [0.15, 0.2) is 55.0 Å². The van der Waals surface area contributed by atoms with E-state index in [-0.39, 0.29) is 17.4 Å². The van der Waals surface area contributed by atoms with E-state index in [0.29, 0.717) is 29.4 Å². The second-order valence-electron chi connectivity index (χ2n) is 9.57. The van der Waals surface area contributed by atoms with Crippen molar-refractivity contribution in [2.45, 2.75) is 45.1 Å². The van der Waals surface area contributed by atoms with Gasteiger partial charge in [0, 0.05) is 49.6 Å². The highest BCUT2D eigenvalue weighted by atomic mass is 16.2. The first kappa shape index (κ1) is 23.4. The maximum atomic E-state index is 12.8. The van der Waals surface area contributed by atoms with Gasteiger partial charge in [0.1, 0.15) is 5.82 Å². The minimum atomic E-state index is -0.0132. The number of carbonyl (C=O) groups is 1. The molecule has 34 heavy (non-hydrogen) atoms. The molecule has 0 bridgehead atoms. The molecular weight excluding hydrogens is 426 g/mol. The number of rotatable bonds is 6. The Morgan fingerprint density at radius 2 is 1.97 bits per heavy atom. The van der Waals surface area contributed by atoms with Crippen molar-refractivity contribution in [1.82, 2.24) is 19.9 Å². The summed E-state index contributed by atoms with van der Waals surface area (Å²) in [5.74, 6) is 1.02. The van der Waals surface area contributed by atoms with Gasteiger partial charge < -0.3 is 20.9 Å². The van der Waals surface area contributed by atoms with Crippen molar-refractivity contribution in [2.24, 2.45) is 0 Å². The largest absolute Gasteiger partial charge is 0.350 e. The minimum Gasteiger partial charge on any atom is -0.350 e. The molecular formula is C26H31N7O. The molecule has 0 aliphatic carbocycles. The summed E-state index contributed by atoms with van der Waals surface area (Å²) in [6.07, 6.45) is 7.96. The molecule has 0 radical (unpaired) electrons. The smallest absolute Gasteiger partial charge is 0.255 e. The van der Waals surface area contributed by atoms with Crippen LogP contribution in [0.4, 0.5) is 17.5 Å². The lowest BCUT2D eigenvalue weighted by Gasteiger charge is -2.33. The summed E-state index contributed by atoms with van der Waals surface area (Å²) in [5, 5.41) is 14.4. The van der Waals surface area contributed by atoms with Crippen LogP contribution in [0.25, 0.3) is 0 Å². The summed E-state index contributed by atoms with van der Waals surface area (Å²) in [6.45, 7) is 7.84. The van der Waals surface area contributed by atoms with Crippen LogP contribution in [0.3, 0.4) is 0 Å². The van der Waals surface area contributed by atoms with Crippen molar-refractivity contribution in [2.75, 3.05) is 23.7 Å². The summed E-state index contributed by atoms with van der Waals surface area (Å²) in [6, 6.07) is 11.8. The van der Waals surface area contributed by atoms with Crippen LogP contribution in [-0.4, -0.2) is 51.1 Å². The first-order chi connectivity index (χ1) is 16.3. The van der Waals surface area contributed by atoms with Gasteiger partial charge in [-0.05, 0) is 48.1 Å². The van der Waals surface area contributed by atoms with Gasteiger partial charge in [-0.15, -0.1) is 0 Å². The molecule has 1 aliphatic rings. The Morgan fingerprint density at radius 3 is 2.65 bits per heavy atom. The van der Waals surface area contributed by atoms with E-state index in [9.17, 15) is 4.79 Å². The molecule has 3 N–H and O–H groups in total. The third-order valence-electron chi connectivity index (χ3n) is 5.94. The molecule has 8 heteroatoms. The van der Waals surface area contributed by atoms with Gasteiger partial charge in [-0.3, -0.25) is 9.78 Å². The zero-order valence-corrected chi connectivity index (χ0v) is 19.9. The lowest BCUT2D eigenvalue weighted by molar-refractivity contribution is 0.0714. The van der Waals surface area contributed by atoms with E-state index in [2.05, 4.69) is 58.5 Å². The molecule has 1 unspecified atom stereocenters. The Hall–Kier alpha value is -3.81. The molecule has 1 atom stereocenters. The summed E-state index contributed by atoms with van der Waals surface area (Å²) in [5.41, 5.74) is 3.42. The molecule has 1 fully saturated rings. The molecule has 3 heterocycles. The zero-order valence-electron chi connectivity index (χ0n) is 19.9. The number of piperidine rings is 1. The molecule has 1 aromatic carbocycles. The number of aromatic nitrogens is 3. The Labute approximate surface area is 200 Å². The van der Waals surface area contributed by atoms with E-state index in [1.54, 1.807) is 30.7 Å². The first-order valence-electron chi connectivity index (χ1n) is 11.5. The molecule has 176 valence electrons. The molecule has 1 saturated heterocycles. The van der Waals surface area contributed by atoms with Crippen LogP contribution >= 0.6 is 0 Å². The highest BCUT2D eigenvalue weighted by Gasteiger charge is 2.25. The van der Waals surface area contributed by atoms with Gasteiger partial charge in [-0.1, -0.05) is 32.9 Å². The number of carbonyl (C=O) groups excluding carboxylic acids is 1. The summed E-state index contributed by atoms with van der Waals surface area (Å²) in [4.78, 5) is 27.7. The number of likely N-dealkylation sites (tertiary alicyclic amines) is 1. The summed E-state index contributed by atoms with van der Waals surface area (Å²) < 4.78 is 0. The van der Waals surface area contributed by atoms with E-state index in [1.165, 1.54) is 11.8 Å². The number of hydrogen-bond acceptors (Lipinski definition) is 7. The topological polar surface area (TPSA) is 107 Å². The average molecular weight is 458 g/mol. The number of anilines is 3. The van der Waals surface area contributed by atoms with Gasteiger partial charge in [0.15, 0.2) is 0 Å². The number of benzene rings is 1. The van der Waals surface area contributed by atoms with Crippen molar-refractivity contribution >= 4 is 29.6 Å². The van der Waals surface area contributed by atoms with Gasteiger partial charge in [-0.25, -0.2) is 4.98 Å². The maximum absolute atomic E-state index is 12.8. The number of amides is 1. The summed E-state index contributed by atoms with van der Waals surface area (Å²) in [7, 11) is 0. The highest BCUT2D eigenvalue weighted by molar-refractivity contribution is 5.94. The number of nitrogens with zero attached hydrogens (tertiary/aromatic N) is 4. The molecule has 1 aliphatic heterocycles. The molecule has 0 spiro atoms. The molecule has 1 amide bonds. The van der Waals surface area contributed by atoms with Gasteiger partial charge in [-0.2, -0.15) is 4.98 Å². The van der Waals surface area contributed by atoms with Gasteiger partial charge in [0.2, 0.25) is 5.95 Å². The van der Waals surface area contributed by atoms with Crippen molar-refractivity contribution < 1.29 is 4.79 Å². The standard InChI is InChI=1S/C26H31N7O/c1-26(2,3)20-8-10-21(11-9-20)30-23-19(14-27)16-29-25(32-23)31-22-7-5-13-33(17-22)24(34)18-6-4-12-28-15-18/h4,6,8-12,14-16,22,27H,5,7,13,17H2,1-3H3,(H2,29,30,31,32). The SMILES string of the molecule is CC(C)(C)c1ccc(Nc2nc(NC3CCCN(C(=O)c4cccnc4)C3)ncc2C=N)cc1. The van der Waals surface area contributed by atoms with Crippen molar-refractivity contribution in [3.8, 4) is 0 Å². The lowest BCUT2D eigenvalue weighted by Crippen LogP contribution is -2.45. The van der Waals surface area contributed by atoms with E-state index in [0.717, 1.165) is 25.1 Å². The van der Waals surface area contributed by atoms with Gasteiger partial charge in [0.05, 0.1) is 11.1 Å². The fourth-order valence-corrected chi connectivity index (χ4v) is 3.99. The molecule has 0 saturated carbocycles. The lowest BCUT2D eigenvalue weighted by atomic mass is 9.87. The second kappa shape index (κ2) is 9.99. The van der Waals surface area contributed by atoms with E-state index in [1.807, 2.05) is 17.0 Å². The van der Waals surface area contributed by atoms with E-state index in [4.69, 9.17) is 5.41 Å². The number of hydrogen-bond donors (Lipinski definition) is 3. The number of pyridine rings is 1. The van der Waals surface area contributed by atoms with Crippen molar-refractivity contribution in [3.05, 3.63) is 71.7 Å². The fraction of sp³-hybridized carbons (Fsp3) is 0.346. The molecule has 4 rings (SSSR count). The zero-order chi connectivity index (χ0) is 24.1. The second-order valence-corrected chi connectivity index (χ2v) is 9.57. The van der Waals surface area contributed by atoms with Crippen molar-refractivity contribution in [3.63, 3.8) is 0 Å². The Balaban J connectivity index is 1.46. The highest BCUT2D eigenvalue weighted by Crippen LogP contribution is 2.26. The first-order valence-corrected chi connectivity index (χ1v) is 11.5. The van der Waals surface area contributed by atoms with Crippen LogP contribution < -0.4 is 10.6 Å². The molecule has 2 aromatic heterocycles. The quantitative estimate of drug-likeness (QED) is 0.466. The number of nitrogens with one attached hydrogen (secondary N) is 3. The Morgan fingerprint density at radius 1 is 1.18 bits per heavy atom. The minimum absolute atomic E-state index is 0.0132. The van der Waals surface area contributed by atoms with Gasteiger partial charge in [0.25, 0.3) is 5.91 Å². The Kier molecular flexibility index (Phi) is 6.86. The average Bonchev–Trinajstić information content (AvgIpc) is 2.84. The van der Waals surface area contributed by atoms with Crippen LogP contribution in [0, 0.1) is 5.41 Å². The third kappa shape index (κ3) is 5.57. The monoisotopic (exact) mass is 457 g/mol.